The number of halogens is 1. The number of thiophene rings is 1. The number of hydrogen-bond donors (Lipinski definition) is 1. The Labute approximate surface area is 150 Å². The molecule has 128 valence electrons. The number of rotatable bonds is 7. The van der Waals surface area contributed by atoms with Gasteiger partial charge < -0.3 is 10.1 Å². The topological polar surface area (TPSA) is 55.4 Å². The second-order valence-electron chi connectivity index (χ2n) is 5.41. The van der Waals surface area contributed by atoms with Crippen LogP contribution in [0.25, 0.3) is 0 Å². The zero-order chi connectivity index (χ0) is 17.5. The minimum Gasteiger partial charge on any atom is -0.448 e. The van der Waals surface area contributed by atoms with Gasteiger partial charge in [0, 0.05) is 12.5 Å². The average molecular weight is 366 g/mol. The summed E-state index contributed by atoms with van der Waals surface area (Å²) in [5, 5.41) is 2.86. The van der Waals surface area contributed by atoms with E-state index in [-0.39, 0.29) is 11.8 Å². The third kappa shape index (κ3) is 5.08. The van der Waals surface area contributed by atoms with Gasteiger partial charge in [-0.1, -0.05) is 48.9 Å². The Morgan fingerprint density at radius 3 is 2.50 bits per heavy atom. The van der Waals surface area contributed by atoms with Crippen molar-refractivity contribution in [3.05, 3.63) is 57.2 Å². The maximum Gasteiger partial charge on any atom is 0.349 e. The molecule has 1 aromatic heterocycles. The molecule has 1 N–H and O–H groups in total. The van der Waals surface area contributed by atoms with Gasteiger partial charge in [0.25, 0.3) is 5.91 Å². The lowest BCUT2D eigenvalue weighted by Crippen LogP contribution is -2.37. The third-order valence-electron chi connectivity index (χ3n) is 3.71. The number of hydrogen-bond acceptors (Lipinski definition) is 4. The van der Waals surface area contributed by atoms with E-state index in [9.17, 15) is 9.59 Å². The highest BCUT2D eigenvalue weighted by molar-refractivity contribution is 7.17. The molecule has 0 spiro atoms. The van der Waals surface area contributed by atoms with Crippen molar-refractivity contribution in [2.75, 3.05) is 6.54 Å². The summed E-state index contributed by atoms with van der Waals surface area (Å²) in [6.45, 7) is 4.14. The summed E-state index contributed by atoms with van der Waals surface area (Å²) < 4.78 is 5.69. The maximum atomic E-state index is 12.2. The molecular formula is C18H20ClNO3S. The molecule has 2 aromatic rings. The molecule has 0 fully saturated rings. The molecule has 2 rings (SSSR count). The van der Waals surface area contributed by atoms with Gasteiger partial charge in [-0.2, -0.15) is 0 Å². The molecule has 1 amide bonds. The highest BCUT2D eigenvalue weighted by atomic mass is 35.5. The molecular weight excluding hydrogens is 346 g/mol. The molecule has 1 aromatic carbocycles. The predicted molar refractivity (Wildman–Crippen MR) is 96.7 cm³/mol. The van der Waals surface area contributed by atoms with Gasteiger partial charge in [-0.25, -0.2) is 4.79 Å². The van der Waals surface area contributed by atoms with Crippen LogP contribution in [-0.2, 0) is 9.53 Å². The van der Waals surface area contributed by atoms with Crippen LogP contribution in [0.4, 0.5) is 0 Å². The van der Waals surface area contributed by atoms with Gasteiger partial charge >= 0.3 is 5.97 Å². The van der Waals surface area contributed by atoms with E-state index < -0.39 is 12.1 Å². The molecule has 0 aliphatic rings. The molecule has 0 bridgehead atoms. The summed E-state index contributed by atoms with van der Waals surface area (Å²) in [6, 6.07) is 13.2. The summed E-state index contributed by atoms with van der Waals surface area (Å²) in [5.74, 6) is -0.612. The lowest BCUT2D eigenvalue weighted by atomic mass is 9.96. The van der Waals surface area contributed by atoms with Crippen LogP contribution in [-0.4, -0.2) is 24.5 Å². The Balaban J connectivity index is 1.86. The van der Waals surface area contributed by atoms with E-state index in [0.717, 1.165) is 17.8 Å². The fraction of sp³-hybridized carbons (Fsp3) is 0.333. The van der Waals surface area contributed by atoms with Crippen LogP contribution in [0, 0.1) is 0 Å². The molecule has 4 nitrogen and oxygen atoms in total. The van der Waals surface area contributed by atoms with Crippen LogP contribution in [0.3, 0.4) is 0 Å². The molecule has 0 radical (unpaired) electrons. The first-order valence-corrected chi connectivity index (χ1v) is 8.99. The van der Waals surface area contributed by atoms with Crippen LogP contribution in [0.1, 0.15) is 41.4 Å². The monoisotopic (exact) mass is 365 g/mol. The Hall–Kier alpha value is -1.85. The lowest BCUT2D eigenvalue weighted by Gasteiger charge is -2.18. The zero-order valence-corrected chi connectivity index (χ0v) is 15.2. The van der Waals surface area contributed by atoms with E-state index in [1.165, 1.54) is 5.56 Å². The van der Waals surface area contributed by atoms with Crippen LogP contribution >= 0.6 is 22.9 Å². The van der Waals surface area contributed by atoms with E-state index in [0.29, 0.717) is 15.8 Å². The summed E-state index contributed by atoms with van der Waals surface area (Å²) in [5.41, 5.74) is 1.18. The van der Waals surface area contributed by atoms with E-state index in [2.05, 4.69) is 12.2 Å². The first kappa shape index (κ1) is 18.5. The van der Waals surface area contributed by atoms with Crippen molar-refractivity contribution in [2.24, 2.45) is 0 Å². The Morgan fingerprint density at radius 2 is 1.92 bits per heavy atom. The SMILES string of the molecule is CC[C@@H](CNC(=O)[C@H](C)OC(=O)c1ccc(Cl)s1)c1ccccc1. The minimum atomic E-state index is -0.855. The standard InChI is InChI=1S/C18H20ClNO3S/c1-3-13(14-7-5-4-6-8-14)11-20-17(21)12(2)23-18(22)15-9-10-16(19)24-15/h4-10,12-13H,3,11H2,1-2H3,(H,20,21)/t12-,13-/m0/s1. The van der Waals surface area contributed by atoms with E-state index in [4.69, 9.17) is 16.3 Å². The molecule has 0 aliphatic carbocycles. The third-order valence-corrected chi connectivity index (χ3v) is 4.93. The van der Waals surface area contributed by atoms with Crippen molar-refractivity contribution in [1.82, 2.24) is 5.32 Å². The largest absolute Gasteiger partial charge is 0.448 e. The van der Waals surface area contributed by atoms with Gasteiger partial charge in [0.05, 0.1) is 4.34 Å². The molecule has 0 aliphatic heterocycles. The van der Waals surface area contributed by atoms with Gasteiger partial charge in [-0.15, -0.1) is 11.3 Å². The summed E-state index contributed by atoms with van der Waals surface area (Å²) >= 11 is 6.92. The number of carbonyl (C=O) groups excluding carboxylic acids is 2. The molecule has 24 heavy (non-hydrogen) atoms. The highest BCUT2D eigenvalue weighted by Gasteiger charge is 2.21. The Morgan fingerprint density at radius 1 is 1.21 bits per heavy atom. The van der Waals surface area contributed by atoms with Crippen molar-refractivity contribution in [3.8, 4) is 0 Å². The highest BCUT2D eigenvalue weighted by Crippen LogP contribution is 2.22. The Bertz CT molecular complexity index is 687. The second-order valence-corrected chi connectivity index (χ2v) is 7.13. The van der Waals surface area contributed by atoms with E-state index in [1.807, 2.05) is 30.3 Å². The lowest BCUT2D eigenvalue weighted by molar-refractivity contribution is -0.129. The molecule has 0 saturated carbocycles. The first-order valence-electron chi connectivity index (χ1n) is 7.80. The van der Waals surface area contributed by atoms with Crippen LogP contribution in [0.2, 0.25) is 4.34 Å². The fourth-order valence-corrected chi connectivity index (χ4v) is 3.21. The predicted octanol–water partition coefficient (Wildman–Crippen LogP) is 4.26. The first-order chi connectivity index (χ1) is 11.5. The normalized spacial score (nSPS) is 13.1. The van der Waals surface area contributed by atoms with Gasteiger partial charge in [0.1, 0.15) is 4.88 Å². The summed E-state index contributed by atoms with van der Waals surface area (Å²) in [7, 11) is 0. The number of carbonyl (C=O) groups is 2. The quantitative estimate of drug-likeness (QED) is 0.746. The molecule has 0 unspecified atom stereocenters. The summed E-state index contributed by atoms with van der Waals surface area (Å²) in [6.07, 6.45) is 0.0539. The van der Waals surface area contributed by atoms with Gasteiger partial charge in [-0.05, 0) is 31.0 Å². The van der Waals surface area contributed by atoms with Crippen molar-refractivity contribution in [2.45, 2.75) is 32.3 Å². The number of ether oxygens (including phenoxy) is 1. The van der Waals surface area contributed by atoms with Gasteiger partial charge in [0.2, 0.25) is 0 Å². The second kappa shape index (κ2) is 8.85. The van der Waals surface area contributed by atoms with E-state index in [1.54, 1.807) is 19.1 Å². The molecule has 2 atom stereocenters. The van der Waals surface area contributed by atoms with E-state index >= 15 is 0 Å². The van der Waals surface area contributed by atoms with Crippen molar-refractivity contribution in [1.29, 1.82) is 0 Å². The number of esters is 1. The van der Waals surface area contributed by atoms with Gasteiger partial charge in [-0.3, -0.25) is 4.79 Å². The average Bonchev–Trinajstić information content (AvgIpc) is 3.02. The Kier molecular flexibility index (Phi) is 6.82. The maximum absolute atomic E-state index is 12.2. The van der Waals surface area contributed by atoms with Crippen LogP contribution in [0.5, 0.6) is 0 Å². The number of nitrogens with one attached hydrogen (secondary N) is 1. The van der Waals surface area contributed by atoms with Crippen molar-refractivity contribution < 1.29 is 14.3 Å². The molecule has 1 heterocycles. The van der Waals surface area contributed by atoms with Crippen molar-refractivity contribution in [3.63, 3.8) is 0 Å². The van der Waals surface area contributed by atoms with Crippen LogP contribution < -0.4 is 5.32 Å². The van der Waals surface area contributed by atoms with Crippen LogP contribution in [0.15, 0.2) is 42.5 Å². The summed E-state index contributed by atoms with van der Waals surface area (Å²) in [4.78, 5) is 24.5. The zero-order valence-electron chi connectivity index (χ0n) is 13.6. The minimum absolute atomic E-state index is 0.231. The number of benzene rings is 1. The molecule has 6 heteroatoms. The van der Waals surface area contributed by atoms with Crippen molar-refractivity contribution >= 4 is 34.8 Å². The van der Waals surface area contributed by atoms with Gasteiger partial charge in [0.15, 0.2) is 6.10 Å². The molecule has 0 saturated heterocycles. The fourth-order valence-electron chi connectivity index (χ4n) is 2.29. The number of amides is 1. The smallest absolute Gasteiger partial charge is 0.349 e.